The molecule has 0 saturated carbocycles. The van der Waals surface area contributed by atoms with Crippen LogP contribution in [-0.4, -0.2) is 29.8 Å². The smallest absolute Gasteiger partial charge is 0.336 e. The molecule has 0 spiro atoms. The number of aryl methyl sites for hydroxylation is 1. The van der Waals surface area contributed by atoms with Gasteiger partial charge in [0.1, 0.15) is 11.3 Å². The summed E-state index contributed by atoms with van der Waals surface area (Å²) in [6, 6.07) is 11.6. The minimum Gasteiger partial charge on any atom is -0.508 e. The molecule has 1 atom stereocenters. The molecule has 0 bridgehead atoms. The molecule has 5 rings (SSSR count). The van der Waals surface area contributed by atoms with Crippen LogP contribution in [0.15, 0.2) is 45.6 Å². The molecule has 0 aliphatic carbocycles. The first-order chi connectivity index (χ1) is 15.1. The number of hydrogen-bond acceptors (Lipinski definition) is 6. The summed E-state index contributed by atoms with van der Waals surface area (Å²) >= 11 is 0. The molecule has 2 aliphatic rings. The Hall–Kier alpha value is -2.99. The SMILES string of the molecule is CCc1cc2c(CN3CCC[C@H]3c3ccc4c(c3)OCCCO4)cc(=O)oc2cc1O. The number of hydrogen-bond donors (Lipinski definition) is 1. The molecule has 0 radical (unpaired) electrons. The molecule has 162 valence electrons. The Morgan fingerprint density at radius 2 is 1.87 bits per heavy atom. The minimum atomic E-state index is -0.391. The first-order valence-corrected chi connectivity index (χ1v) is 11.0. The first-order valence-electron chi connectivity index (χ1n) is 11.0. The van der Waals surface area contributed by atoms with Crippen molar-refractivity contribution >= 4 is 11.0 Å². The van der Waals surface area contributed by atoms with Crippen molar-refractivity contribution in [2.75, 3.05) is 19.8 Å². The molecule has 6 heteroatoms. The van der Waals surface area contributed by atoms with E-state index in [2.05, 4.69) is 17.0 Å². The van der Waals surface area contributed by atoms with Gasteiger partial charge in [-0.1, -0.05) is 13.0 Å². The highest BCUT2D eigenvalue weighted by molar-refractivity contribution is 5.82. The van der Waals surface area contributed by atoms with Gasteiger partial charge in [-0.3, -0.25) is 4.90 Å². The maximum atomic E-state index is 12.2. The number of rotatable bonds is 4. The number of benzene rings is 2. The standard InChI is InChI=1S/C25H27NO5/c1-2-16-11-19-18(13-25(28)31-23(19)14-21(16)27)15-26-8-3-5-20(26)17-6-7-22-24(12-17)30-10-4-9-29-22/h6-7,11-14,20,27H,2-5,8-10,15H2,1H3/t20-/m0/s1. The summed E-state index contributed by atoms with van der Waals surface area (Å²) in [6.07, 6.45) is 3.75. The molecule has 0 amide bonds. The van der Waals surface area contributed by atoms with Gasteiger partial charge in [0.2, 0.25) is 0 Å². The molecular formula is C25H27NO5. The fourth-order valence-electron chi connectivity index (χ4n) is 4.72. The third-order valence-electron chi connectivity index (χ3n) is 6.30. The van der Waals surface area contributed by atoms with Crippen LogP contribution in [0.25, 0.3) is 11.0 Å². The van der Waals surface area contributed by atoms with Gasteiger partial charge in [-0.2, -0.15) is 0 Å². The predicted molar refractivity (Wildman–Crippen MR) is 118 cm³/mol. The molecule has 1 saturated heterocycles. The van der Waals surface area contributed by atoms with Gasteiger partial charge in [-0.05, 0) is 60.7 Å². The van der Waals surface area contributed by atoms with E-state index in [4.69, 9.17) is 13.9 Å². The Labute approximate surface area is 181 Å². The van der Waals surface area contributed by atoms with Crippen molar-refractivity contribution in [1.29, 1.82) is 0 Å². The van der Waals surface area contributed by atoms with Crippen LogP contribution < -0.4 is 15.1 Å². The molecule has 2 aliphatic heterocycles. The van der Waals surface area contributed by atoms with E-state index < -0.39 is 5.63 Å². The van der Waals surface area contributed by atoms with Crippen molar-refractivity contribution in [2.24, 2.45) is 0 Å². The molecular weight excluding hydrogens is 394 g/mol. The van der Waals surface area contributed by atoms with Crippen molar-refractivity contribution in [3.63, 3.8) is 0 Å². The van der Waals surface area contributed by atoms with Crippen LogP contribution in [0.5, 0.6) is 17.2 Å². The Kier molecular flexibility index (Phi) is 5.32. The van der Waals surface area contributed by atoms with Gasteiger partial charge in [0.05, 0.1) is 13.2 Å². The van der Waals surface area contributed by atoms with Crippen LogP contribution in [0.3, 0.4) is 0 Å². The number of fused-ring (bicyclic) bond motifs is 2. The lowest BCUT2D eigenvalue weighted by atomic mass is 10.0. The van der Waals surface area contributed by atoms with Gasteiger partial charge >= 0.3 is 5.63 Å². The van der Waals surface area contributed by atoms with E-state index in [9.17, 15) is 9.90 Å². The zero-order valence-corrected chi connectivity index (χ0v) is 17.7. The number of aromatic hydroxyl groups is 1. The second kappa shape index (κ2) is 8.27. The van der Waals surface area contributed by atoms with Crippen molar-refractivity contribution < 1.29 is 19.0 Å². The van der Waals surface area contributed by atoms with Gasteiger partial charge in [-0.15, -0.1) is 0 Å². The van der Waals surface area contributed by atoms with Crippen LogP contribution in [0, 0.1) is 0 Å². The maximum Gasteiger partial charge on any atom is 0.336 e. The second-order valence-electron chi connectivity index (χ2n) is 8.31. The fraction of sp³-hybridized carbons (Fsp3) is 0.400. The first kappa shape index (κ1) is 19.9. The summed E-state index contributed by atoms with van der Waals surface area (Å²) in [5.74, 6) is 1.79. The monoisotopic (exact) mass is 421 g/mol. The fourth-order valence-corrected chi connectivity index (χ4v) is 4.72. The van der Waals surface area contributed by atoms with Gasteiger partial charge in [0.15, 0.2) is 11.5 Å². The number of ether oxygens (including phenoxy) is 2. The highest BCUT2D eigenvalue weighted by Gasteiger charge is 2.28. The maximum absolute atomic E-state index is 12.2. The second-order valence-corrected chi connectivity index (χ2v) is 8.31. The summed E-state index contributed by atoms with van der Waals surface area (Å²) in [5.41, 5.74) is 3.03. The lowest BCUT2D eigenvalue weighted by molar-refractivity contribution is 0.248. The normalized spacial score (nSPS) is 18.9. The van der Waals surface area contributed by atoms with Crippen LogP contribution in [-0.2, 0) is 13.0 Å². The number of nitrogens with zero attached hydrogens (tertiary/aromatic N) is 1. The lowest BCUT2D eigenvalue weighted by Gasteiger charge is -2.26. The van der Waals surface area contributed by atoms with Crippen molar-refractivity contribution in [2.45, 2.75) is 45.2 Å². The highest BCUT2D eigenvalue weighted by atomic mass is 16.5. The number of phenols is 1. The summed E-state index contributed by atoms with van der Waals surface area (Å²) < 4.78 is 17.0. The molecule has 3 heterocycles. The van der Waals surface area contributed by atoms with E-state index in [0.717, 1.165) is 53.8 Å². The molecule has 31 heavy (non-hydrogen) atoms. The van der Waals surface area contributed by atoms with Crippen LogP contribution in [0.4, 0.5) is 0 Å². The Morgan fingerprint density at radius 1 is 1.03 bits per heavy atom. The van der Waals surface area contributed by atoms with Gasteiger partial charge in [0.25, 0.3) is 0 Å². The predicted octanol–water partition coefficient (Wildman–Crippen LogP) is 4.56. The van der Waals surface area contributed by atoms with Crippen LogP contribution in [0.1, 0.15) is 48.9 Å². The molecule has 3 aromatic rings. The summed E-state index contributed by atoms with van der Waals surface area (Å²) in [7, 11) is 0. The summed E-state index contributed by atoms with van der Waals surface area (Å²) in [6.45, 7) is 4.96. The number of likely N-dealkylation sites (tertiary alicyclic amines) is 1. The highest BCUT2D eigenvalue weighted by Crippen LogP contribution is 2.39. The van der Waals surface area contributed by atoms with E-state index in [1.165, 1.54) is 5.56 Å². The quantitative estimate of drug-likeness (QED) is 0.623. The van der Waals surface area contributed by atoms with Crippen LogP contribution >= 0.6 is 0 Å². The van der Waals surface area contributed by atoms with Crippen molar-refractivity contribution in [3.05, 3.63) is 63.5 Å². The van der Waals surface area contributed by atoms with Crippen molar-refractivity contribution in [1.82, 2.24) is 4.90 Å². The van der Waals surface area contributed by atoms with Crippen molar-refractivity contribution in [3.8, 4) is 17.2 Å². The molecule has 1 fully saturated rings. The Balaban J connectivity index is 1.48. The third-order valence-corrected chi connectivity index (χ3v) is 6.30. The van der Waals surface area contributed by atoms with E-state index in [0.29, 0.717) is 31.8 Å². The zero-order valence-electron chi connectivity index (χ0n) is 17.7. The average Bonchev–Trinajstić information content (AvgIpc) is 3.08. The largest absolute Gasteiger partial charge is 0.508 e. The third kappa shape index (κ3) is 3.88. The van der Waals surface area contributed by atoms with E-state index in [1.807, 2.05) is 19.1 Å². The molecule has 6 nitrogen and oxygen atoms in total. The number of phenolic OH excluding ortho intramolecular Hbond substituents is 1. The van der Waals surface area contributed by atoms with Gasteiger partial charge in [-0.25, -0.2) is 4.79 Å². The summed E-state index contributed by atoms with van der Waals surface area (Å²) in [5, 5.41) is 11.1. The molecule has 0 unspecified atom stereocenters. The van der Waals surface area contributed by atoms with E-state index >= 15 is 0 Å². The topological polar surface area (TPSA) is 72.1 Å². The average molecular weight is 421 g/mol. The van der Waals surface area contributed by atoms with Crippen LogP contribution in [0.2, 0.25) is 0 Å². The van der Waals surface area contributed by atoms with Gasteiger partial charge < -0.3 is 19.0 Å². The van der Waals surface area contributed by atoms with E-state index in [1.54, 1.807) is 12.1 Å². The lowest BCUT2D eigenvalue weighted by Crippen LogP contribution is -2.23. The molecule has 2 aromatic carbocycles. The van der Waals surface area contributed by atoms with Gasteiger partial charge in [0, 0.05) is 36.5 Å². The minimum absolute atomic E-state index is 0.168. The van der Waals surface area contributed by atoms with E-state index in [-0.39, 0.29) is 11.8 Å². The zero-order chi connectivity index (χ0) is 21.4. The Morgan fingerprint density at radius 3 is 2.71 bits per heavy atom. The molecule has 1 N–H and O–H groups in total. The Bertz CT molecular complexity index is 1170. The summed E-state index contributed by atoms with van der Waals surface area (Å²) in [4.78, 5) is 14.6. The molecule has 1 aromatic heterocycles.